The first-order valence-corrected chi connectivity index (χ1v) is 8.23. The standard InChI is InChI=1S/C16H11Cl2NOS/c17-11-3-1-9(2-4-11)15-19-16(20)13-6-5-12(18)7-10(13)8-14(16)21-15/h1-7,14,20H,8H2. The highest BCUT2D eigenvalue weighted by atomic mass is 35.5. The molecule has 0 bridgehead atoms. The van der Waals surface area contributed by atoms with Gasteiger partial charge in [0.15, 0.2) is 5.72 Å². The van der Waals surface area contributed by atoms with Crippen LogP contribution < -0.4 is 0 Å². The number of aliphatic hydroxyl groups is 1. The Morgan fingerprint density at radius 3 is 2.57 bits per heavy atom. The molecule has 1 aliphatic heterocycles. The zero-order chi connectivity index (χ0) is 14.6. The minimum atomic E-state index is -1.14. The van der Waals surface area contributed by atoms with E-state index < -0.39 is 5.72 Å². The van der Waals surface area contributed by atoms with E-state index in [-0.39, 0.29) is 5.25 Å². The summed E-state index contributed by atoms with van der Waals surface area (Å²) >= 11 is 13.6. The zero-order valence-corrected chi connectivity index (χ0v) is 13.2. The van der Waals surface area contributed by atoms with Gasteiger partial charge in [0, 0.05) is 21.2 Å². The molecule has 2 aliphatic rings. The van der Waals surface area contributed by atoms with Gasteiger partial charge in [-0.05, 0) is 36.2 Å². The van der Waals surface area contributed by atoms with Gasteiger partial charge >= 0.3 is 0 Å². The molecular formula is C16H11Cl2NOS. The molecule has 0 saturated heterocycles. The summed E-state index contributed by atoms with van der Waals surface area (Å²) in [6.45, 7) is 0. The van der Waals surface area contributed by atoms with Crippen molar-refractivity contribution in [2.24, 2.45) is 4.99 Å². The molecular weight excluding hydrogens is 325 g/mol. The topological polar surface area (TPSA) is 32.6 Å². The van der Waals surface area contributed by atoms with Crippen molar-refractivity contribution in [1.29, 1.82) is 0 Å². The maximum absolute atomic E-state index is 11.0. The van der Waals surface area contributed by atoms with E-state index in [2.05, 4.69) is 4.99 Å². The van der Waals surface area contributed by atoms with Gasteiger partial charge in [-0.3, -0.25) is 0 Å². The highest BCUT2D eigenvalue weighted by Crippen LogP contribution is 2.50. The molecule has 1 heterocycles. The second kappa shape index (κ2) is 4.75. The van der Waals surface area contributed by atoms with Crippen LogP contribution in [0.1, 0.15) is 16.7 Å². The van der Waals surface area contributed by atoms with Crippen LogP contribution in [0.5, 0.6) is 0 Å². The molecule has 1 aliphatic carbocycles. The minimum Gasteiger partial charge on any atom is -0.365 e. The fourth-order valence-electron chi connectivity index (χ4n) is 2.90. The number of hydrogen-bond acceptors (Lipinski definition) is 3. The second-order valence-electron chi connectivity index (χ2n) is 5.26. The summed E-state index contributed by atoms with van der Waals surface area (Å²) in [5.41, 5.74) is 1.80. The maximum atomic E-state index is 11.0. The lowest BCUT2D eigenvalue weighted by Gasteiger charge is -2.19. The molecule has 0 fully saturated rings. The Balaban J connectivity index is 1.77. The van der Waals surface area contributed by atoms with Gasteiger partial charge in [0.25, 0.3) is 0 Å². The largest absolute Gasteiger partial charge is 0.365 e. The van der Waals surface area contributed by atoms with Gasteiger partial charge in [0.05, 0.1) is 5.25 Å². The molecule has 0 spiro atoms. The Kier molecular flexibility index (Phi) is 3.09. The minimum absolute atomic E-state index is 0.0108. The van der Waals surface area contributed by atoms with E-state index in [0.29, 0.717) is 10.0 Å². The zero-order valence-electron chi connectivity index (χ0n) is 10.9. The van der Waals surface area contributed by atoms with Crippen molar-refractivity contribution in [2.75, 3.05) is 0 Å². The van der Waals surface area contributed by atoms with Gasteiger partial charge in [0.1, 0.15) is 5.04 Å². The first-order valence-electron chi connectivity index (χ1n) is 6.60. The summed E-state index contributed by atoms with van der Waals surface area (Å²) in [5, 5.41) is 13.2. The van der Waals surface area contributed by atoms with Crippen LogP contribution in [0.4, 0.5) is 0 Å². The van der Waals surface area contributed by atoms with Crippen molar-refractivity contribution in [3.05, 3.63) is 69.2 Å². The summed E-state index contributed by atoms with van der Waals surface area (Å²) < 4.78 is 0. The number of halogens is 2. The molecule has 21 heavy (non-hydrogen) atoms. The molecule has 1 N–H and O–H groups in total. The number of fused-ring (bicyclic) bond motifs is 3. The van der Waals surface area contributed by atoms with E-state index in [1.54, 1.807) is 17.8 Å². The monoisotopic (exact) mass is 335 g/mol. The van der Waals surface area contributed by atoms with E-state index in [1.807, 2.05) is 36.4 Å². The van der Waals surface area contributed by atoms with E-state index in [9.17, 15) is 5.11 Å². The average Bonchev–Trinajstić information content (AvgIpc) is 2.89. The number of thioether (sulfide) groups is 1. The van der Waals surface area contributed by atoms with Crippen LogP contribution in [-0.4, -0.2) is 15.4 Å². The first kappa shape index (κ1) is 13.6. The molecule has 4 rings (SSSR count). The molecule has 0 aromatic heterocycles. The number of benzene rings is 2. The molecule has 106 valence electrons. The van der Waals surface area contributed by atoms with Crippen LogP contribution in [0, 0.1) is 0 Å². The molecule has 2 atom stereocenters. The summed E-state index contributed by atoms with van der Waals surface area (Å²) in [6.07, 6.45) is 0.775. The van der Waals surface area contributed by atoms with Crippen LogP contribution in [0.25, 0.3) is 0 Å². The Labute approximate surface area is 136 Å². The van der Waals surface area contributed by atoms with E-state index >= 15 is 0 Å². The van der Waals surface area contributed by atoms with Crippen molar-refractivity contribution in [2.45, 2.75) is 17.4 Å². The SMILES string of the molecule is OC12N=C(c3ccc(Cl)cc3)SC1Cc1cc(Cl)ccc12. The number of hydrogen-bond donors (Lipinski definition) is 1. The van der Waals surface area contributed by atoms with Crippen molar-refractivity contribution in [1.82, 2.24) is 0 Å². The second-order valence-corrected chi connectivity index (χ2v) is 7.33. The third-order valence-corrected chi connectivity index (χ3v) is 5.75. The van der Waals surface area contributed by atoms with Crippen LogP contribution in [-0.2, 0) is 12.1 Å². The fraction of sp³-hybridized carbons (Fsp3) is 0.188. The Morgan fingerprint density at radius 2 is 1.81 bits per heavy atom. The highest BCUT2D eigenvalue weighted by molar-refractivity contribution is 8.15. The molecule has 2 aromatic rings. The molecule has 2 unspecified atom stereocenters. The van der Waals surface area contributed by atoms with Crippen molar-refractivity contribution in [3.63, 3.8) is 0 Å². The number of aliphatic imine (C=N–C) groups is 1. The van der Waals surface area contributed by atoms with Crippen LogP contribution in [0.2, 0.25) is 10.0 Å². The van der Waals surface area contributed by atoms with Gasteiger partial charge in [-0.15, -0.1) is 0 Å². The van der Waals surface area contributed by atoms with Crippen LogP contribution in [0.15, 0.2) is 47.5 Å². The van der Waals surface area contributed by atoms with Crippen LogP contribution in [0.3, 0.4) is 0 Å². The predicted molar refractivity (Wildman–Crippen MR) is 88.4 cm³/mol. The van der Waals surface area contributed by atoms with Crippen LogP contribution >= 0.6 is 35.0 Å². The molecule has 0 amide bonds. The normalized spacial score (nSPS) is 26.4. The van der Waals surface area contributed by atoms with Crippen molar-refractivity contribution >= 4 is 40.0 Å². The first-order chi connectivity index (χ1) is 10.1. The lowest BCUT2D eigenvalue weighted by molar-refractivity contribution is 0.0581. The van der Waals surface area contributed by atoms with Gasteiger partial charge in [-0.25, -0.2) is 4.99 Å². The fourth-order valence-corrected chi connectivity index (χ4v) is 4.56. The molecule has 5 heteroatoms. The summed E-state index contributed by atoms with van der Waals surface area (Å²) in [4.78, 5) is 4.60. The molecule has 0 radical (unpaired) electrons. The lowest BCUT2D eigenvalue weighted by atomic mass is 10.1. The molecule has 2 aromatic carbocycles. The van der Waals surface area contributed by atoms with E-state index in [4.69, 9.17) is 23.2 Å². The number of nitrogens with zero attached hydrogens (tertiary/aromatic N) is 1. The highest BCUT2D eigenvalue weighted by Gasteiger charge is 2.50. The third-order valence-electron chi connectivity index (χ3n) is 3.94. The Bertz CT molecular complexity index is 759. The maximum Gasteiger partial charge on any atom is 0.196 e. The number of rotatable bonds is 1. The van der Waals surface area contributed by atoms with E-state index in [1.165, 1.54) is 0 Å². The summed E-state index contributed by atoms with van der Waals surface area (Å²) in [6, 6.07) is 13.2. The Morgan fingerprint density at radius 1 is 1.10 bits per heavy atom. The summed E-state index contributed by atoms with van der Waals surface area (Å²) in [7, 11) is 0. The lowest BCUT2D eigenvalue weighted by Crippen LogP contribution is -2.27. The quantitative estimate of drug-likeness (QED) is 0.844. The smallest absolute Gasteiger partial charge is 0.196 e. The molecule has 2 nitrogen and oxygen atoms in total. The Hall–Kier alpha value is -1.00. The summed E-state index contributed by atoms with van der Waals surface area (Å²) in [5.74, 6) is 0. The van der Waals surface area contributed by atoms with Gasteiger partial charge < -0.3 is 5.11 Å². The van der Waals surface area contributed by atoms with Crippen molar-refractivity contribution in [3.8, 4) is 0 Å². The van der Waals surface area contributed by atoms with Gasteiger partial charge in [-0.1, -0.05) is 53.2 Å². The van der Waals surface area contributed by atoms with Crippen molar-refractivity contribution < 1.29 is 5.11 Å². The molecule has 0 saturated carbocycles. The van der Waals surface area contributed by atoms with E-state index in [0.717, 1.165) is 28.2 Å². The van der Waals surface area contributed by atoms with Gasteiger partial charge in [-0.2, -0.15) is 0 Å². The predicted octanol–water partition coefficient (Wildman–Crippen LogP) is 4.26. The third kappa shape index (κ3) is 2.11. The van der Waals surface area contributed by atoms with Gasteiger partial charge in [0.2, 0.25) is 0 Å². The average molecular weight is 336 g/mol.